The Labute approximate surface area is 143 Å². The number of nitrogens with zero attached hydrogens (tertiary/aromatic N) is 1. The fourth-order valence-corrected chi connectivity index (χ4v) is 2.27. The highest BCUT2D eigenvalue weighted by molar-refractivity contribution is 5.97. The van der Waals surface area contributed by atoms with E-state index < -0.39 is 17.9 Å². The predicted octanol–water partition coefficient (Wildman–Crippen LogP) is 0.861. The number of ether oxygens (including phenoxy) is 3. The normalized spacial score (nSPS) is 11.5. The molecule has 1 unspecified atom stereocenters. The van der Waals surface area contributed by atoms with Gasteiger partial charge in [-0.2, -0.15) is 0 Å². The zero-order valence-corrected chi connectivity index (χ0v) is 14.0. The van der Waals surface area contributed by atoms with Crippen molar-refractivity contribution in [2.24, 2.45) is 0 Å². The maximum absolute atomic E-state index is 12.5. The summed E-state index contributed by atoms with van der Waals surface area (Å²) >= 11 is 0. The molecule has 0 saturated heterocycles. The molecule has 134 valence electrons. The number of aliphatic carboxylic acids is 1. The largest absolute Gasteiger partial charge is 0.493 e. The molecular weight excluding hydrogens is 330 g/mol. The van der Waals surface area contributed by atoms with Gasteiger partial charge in [-0.25, -0.2) is 9.78 Å². The number of nitrogens with one attached hydrogen (secondary N) is 2. The Balaban J connectivity index is 2.24. The first-order valence-corrected chi connectivity index (χ1v) is 7.31. The number of rotatable bonds is 8. The van der Waals surface area contributed by atoms with Crippen LogP contribution in [0.5, 0.6) is 17.2 Å². The van der Waals surface area contributed by atoms with Crippen LogP contribution in [0.25, 0.3) is 0 Å². The molecule has 0 aliphatic rings. The summed E-state index contributed by atoms with van der Waals surface area (Å²) in [5, 5.41) is 11.8. The molecule has 9 nitrogen and oxygen atoms in total. The molecule has 1 amide bonds. The van der Waals surface area contributed by atoms with Gasteiger partial charge in [-0.15, -0.1) is 0 Å². The van der Waals surface area contributed by atoms with Gasteiger partial charge in [-0.3, -0.25) is 4.79 Å². The highest BCUT2D eigenvalue weighted by Crippen LogP contribution is 2.38. The Bertz CT molecular complexity index is 719. The molecule has 0 radical (unpaired) electrons. The number of aromatic amines is 1. The second-order valence-corrected chi connectivity index (χ2v) is 5.06. The molecule has 0 aliphatic carbocycles. The van der Waals surface area contributed by atoms with E-state index in [1.54, 1.807) is 0 Å². The average molecular weight is 349 g/mol. The lowest BCUT2D eigenvalue weighted by molar-refractivity contribution is -0.139. The van der Waals surface area contributed by atoms with Crippen LogP contribution in [0.2, 0.25) is 0 Å². The lowest BCUT2D eigenvalue weighted by atomic mass is 10.1. The molecule has 0 fully saturated rings. The number of H-pyrrole nitrogens is 1. The summed E-state index contributed by atoms with van der Waals surface area (Å²) in [6, 6.07) is 1.78. The number of benzene rings is 1. The molecular formula is C16H19N3O6. The van der Waals surface area contributed by atoms with Gasteiger partial charge in [0.25, 0.3) is 5.91 Å². The minimum Gasteiger partial charge on any atom is -0.493 e. The Morgan fingerprint density at radius 2 is 1.84 bits per heavy atom. The number of carbonyl (C=O) groups excluding carboxylic acids is 1. The zero-order valence-electron chi connectivity index (χ0n) is 14.0. The fourth-order valence-electron chi connectivity index (χ4n) is 2.27. The topological polar surface area (TPSA) is 123 Å². The quantitative estimate of drug-likeness (QED) is 0.646. The Kier molecular flexibility index (Phi) is 5.83. The van der Waals surface area contributed by atoms with Gasteiger partial charge >= 0.3 is 5.97 Å². The van der Waals surface area contributed by atoms with Crippen molar-refractivity contribution in [1.29, 1.82) is 0 Å². The van der Waals surface area contributed by atoms with Crippen LogP contribution in [0, 0.1) is 0 Å². The van der Waals surface area contributed by atoms with E-state index in [9.17, 15) is 14.7 Å². The van der Waals surface area contributed by atoms with E-state index in [2.05, 4.69) is 15.3 Å². The first-order chi connectivity index (χ1) is 12.0. The molecule has 0 aliphatic heterocycles. The number of imidazole rings is 1. The second kappa shape index (κ2) is 8.04. The van der Waals surface area contributed by atoms with Crippen molar-refractivity contribution < 1.29 is 28.9 Å². The molecule has 2 aromatic rings. The van der Waals surface area contributed by atoms with Crippen molar-refractivity contribution in [3.05, 3.63) is 35.9 Å². The maximum atomic E-state index is 12.5. The predicted molar refractivity (Wildman–Crippen MR) is 87.3 cm³/mol. The SMILES string of the molecule is COc1cc(C(=O)NC(Cc2cnc[nH]2)C(=O)O)cc(OC)c1OC. The van der Waals surface area contributed by atoms with E-state index in [0.717, 1.165) is 0 Å². The van der Waals surface area contributed by atoms with E-state index in [1.807, 2.05) is 0 Å². The van der Waals surface area contributed by atoms with Crippen LogP contribution in [0.4, 0.5) is 0 Å². The average Bonchev–Trinajstić information content (AvgIpc) is 3.12. The summed E-state index contributed by atoms with van der Waals surface area (Å²) in [6.45, 7) is 0. The molecule has 1 heterocycles. The number of methoxy groups -OCH3 is 3. The number of amides is 1. The molecule has 25 heavy (non-hydrogen) atoms. The van der Waals surface area contributed by atoms with Gasteiger partial charge in [0, 0.05) is 23.9 Å². The molecule has 0 bridgehead atoms. The van der Waals surface area contributed by atoms with Gasteiger partial charge in [0.15, 0.2) is 11.5 Å². The summed E-state index contributed by atoms with van der Waals surface area (Å²) in [5.74, 6) is -0.796. The molecule has 9 heteroatoms. The van der Waals surface area contributed by atoms with Gasteiger partial charge in [0.2, 0.25) is 5.75 Å². The maximum Gasteiger partial charge on any atom is 0.326 e. The van der Waals surface area contributed by atoms with Gasteiger partial charge < -0.3 is 29.6 Å². The summed E-state index contributed by atoms with van der Waals surface area (Å²) < 4.78 is 15.6. The van der Waals surface area contributed by atoms with Crippen molar-refractivity contribution in [2.45, 2.75) is 12.5 Å². The first-order valence-electron chi connectivity index (χ1n) is 7.31. The van der Waals surface area contributed by atoms with E-state index in [0.29, 0.717) is 22.9 Å². The third-order valence-corrected chi connectivity index (χ3v) is 3.51. The fraction of sp³-hybridized carbons (Fsp3) is 0.312. The monoisotopic (exact) mass is 349 g/mol. The van der Waals surface area contributed by atoms with E-state index in [4.69, 9.17) is 14.2 Å². The van der Waals surface area contributed by atoms with E-state index >= 15 is 0 Å². The molecule has 3 N–H and O–H groups in total. The van der Waals surface area contributed by atoms with Crippen LogP contribution < -0.4 is 19.5 Å². The van der Waals surface area contributed by atoms with Gasteiger partial charge in [-0.05, 0) is 12.1 Å². The van der Waals surface area contributed by atoms with Crippen molar-refractivity contribution >= 4 is 11.9 Å². The van der Waals surface area contributed by atoms with Crippen LogP contribution in [-0.2, 0) is 11.2 Å². The molecule has 0 saturated carbocycles. The van der Waals surface area contributed by atoms with Crippen molar-refractivity contribution in [2.75, 3.05) is 21.3 Å². The van der Waals surface area contributed by atoms with Gasteiger partial charge in [0.05, 0.1) is 27.7 Å². The van der Waals surface area contributed by atoms with Crippen LogP contribution in [-0.4, -0.2) is 54.3 Å². The summed E-state index contributed by atoms with van der Waals surface area (Å²) in [5.41, 5.74) is 0.781. The molecule has 1 aromatic carbocycles. The number of carbonyl (C=O) groups is 2. The molecule has 1 aromatic heterocycles. The third-order valence-electron chi connectivity index (χ3n) is 3.51. The lowest BCUT2D eigenvalue weighted by Gasteiger charge is -2.16. The number of carboxylic acids is 1. The van der Waals surface area contributed by atoms with Crippen molar-refractivity contribution in [3.8, 4) is 17.2 Å². The standard InChI is InChI=1S/C16H19N3O6/c1-23-12-4-9(5-13(24-2)14(12)25-3)15(20)19-11(16(21)22)6-10-7-17-8-18-10/h4-5,7-8,11H,6H2,1-3H3,(H,17,18)(H,19,20)(H,21,22). The summed E-state index contributed by atoms with van der Waals surface area (Å²) in [4.78, 5) is 30.5. The van der Waals surface area contributed by atoms with Crippen LogP contribution >= 0.6 is 0 Å². The van der Waals surface area contributed by atoms with Crippen molar-refractivity contribution in [3.63, 3.8) is 0 Å². The molecule has 1 atom stereocenters. The van der Waals surface area contributed by atoms with E-state index in [-0.39, 0.29) is 12.0 Å². The van der Waals surface area contributed by atoms with Crippen LogP contribution in [0.1, 0.15) is 16.1 Å². The van der Waals surface area contributed by atoms with E-state index in [1.165, 1.54) is 46.0 Å². The minimum absolute atomic E-state index is 0.0749. The minimum atomic E-state index is -1.16. The second-order valence-electron chi connectivity index (χ2n) is 5.06. The Hall–Kier alpha value is -3.23. The van der Waals surface area contributed by atoms with Crippen LogP contribution in [0.3, 0.4) is 0 Å². The highest BCUT2D eigenvalue weighted by Gasteiger charge is 2.23. The number of hydrogen-bond acceptors (Lipinski definition) is 6. The summed E-state index contributed by atoms with van der Waals surface area (Å²) in [7, 11) is 4.31. The smallest absolute Gasteiger partial charge is 0.326 e. The van der Waals surface area contributed by atoms with Gasteiger partial charge in [0.1, 0.15) is 6.04 Å². The Morgan fingerprint density at radius 3 is 2.28 bits per heavy atom. The molecule has 2 rings (SSSR count). The summed E-state index contributed by atoms with van der Waals surface area (Å²) in [6.07, 6.45) is 3.02. The van der Waals surface area contributed by atoms with Crippen LogP contribution in [0.15, 0.2) is 24.7 Å². The number of carboxylic acid groups (broad SMARTS) is 1. The zero-order chi connectivity index (χ0) is 18.4. The van der Waals surface area contributed by atoms with Gasteiger partial charge in [-0.1, -0.05) is 0 Å². The number of hydrogen-bond donors (Lipinski definition) is 3. The lowest BCUT2D eigenvalue weighted by Crippen LogP contribution is -2.42. The highest BCUT2D eigenvalue weighted by atomic mass is 16.5. The van der Waals surface area contributed by atoms with Crippen molar-refractivity contribution in [1.82, 2.24) is 15.3 Å². The third kappa shape index (κ3) is 4.19. The molecule has 0 spiro atoms. The Morgan fingerprint density at radius 1 is 1.20 bits per heavy atom. The number of aromatic nitrogens is 2. The first kappa shape index (κ1) is 18.1.